The number of pyridine rings is 1. The van der Waals surface area contributed by atoms with Gasteiger partial charge in [0, 0.05) is 18.6 Å². The predicted octanol–water partition coefficient (Wildman–Crippen LogP) is 4.85. The average Bonchev–Trinajstić information content (AvgIpc) is 2.82. The number of aryl methyl sites for hydroxylation is 2. The van der Waals surface area contributed by atoms with Crippen LogP contribution in [0.25, 0.3) is 10.9 Å². The van der Waals surface area contributed by atoms with Crippen molar-refractivity contribution < 1.29 is 13.2 Å². The molecule has 0 spiro atoms. The molecular formula is C25H24N2O3S. The SMILES string of the molecule is COc1ccc(S(=O)(=O)N(C)c2ccnc3ccc(CCc4ccccc4)cc23)cc1. The molecule has 4 rings (SSSR count). The predicted molar refractivity (Wildman–Crippen MR) is 124 cm³/mol. The highest BCUT2D eigenvalue weighted by molar-refractivity contribution is 7.92. The molecule has 6 heteroatoms. The van der Waals surface area contributed by atoms with Crippen molar-refractivity contribution in [2.45, 2.75) is 17.7 Å². The van der Waals surface area contributed by atoms with Gasteiger partial charge in [-0.05, 0) is 66.4 Å². The normalized spacial score (nSPS) is 11.4. The minimum atomic E-state index is -3.73. The van der Waals surface area contributed by atoms with Gasteiger partial charge >= 0.3 is 0 Å². The first-order valence-corrected chi connectivity index (χ1v) is 11.5. The van der Waals surface area contributed by atoms with Gasteiger partial charge in [-0.3, -0.25) is 9.29 Å². The Balaban J connectivity index is 1.67. The maximum atomic E-state index is 13.2. The van der Waals surface area contributed by atoms with Gasteiger partial charge in [0.25, 0.3) is 10.0 Å². The lowest BCUT2D eigenvalue weighted by molar-refractivity contribution is 0.414. The van der Waals surface area contributed by atoms with Crippen LogP contribution in [-0.2, 0) is 22.9 Å². The summed E-state index contributed by atoms with van der Waals surface area (Å²) in [6, 6.07) is 24.5. The first-order chi connectivity index (χ1) is 15.0. The highest BCUT2D eigenvalue weighted by Gasteiger charge is 2.23. The molecule has 0 aliphatic rings. The van der Waals surface area contributed by atoms with Crippen molar-refractivity contribution in [3.8, 4) is 5.75 Å². The number of rotatable bonds is 7. The average molecular weight is 433 g/mol. The van der Waals surface area contributed by atoms with E-state index in [9.17, 15) is 8.42 Å². The standard InChI is InChI=1S/C25H24N2O3S/c1-27(31(28,29)22-13-11-21(30-2)12-14-22)25-16-17-26-24-15-10-20(18-23(24)25)9-8-19-6-4-3-5-7-19/h3-7,10-18H,8-9H2,1-2H3. The van der Waals surface area contributed by atoms with Crippen molar-refractivity contribution in [2.75, 3.05) is 18.5 Å². The fourth-order valence-electron chi connectivity index (χ4n) is 3.58. The number of fused-ring (bicyclic) bond motifs is 1. The molecular weight excluding hydrogens is 408 g/mol. The van der Waals surface area contributed by atoms with Gasteiger partial charge in [-0.2, -0.15) is 0 Å². The Hall–Kier alpha value is -3.38. The monoisotopic (exact) mass is 432 g/mol. The van der Waals surface area contributed by atoms with Gasteiger partial charge in [-0.15, -0.1) is 0 Å². The molecule has 1 aromatic heterocycles. The van der Waals surface area contributed by atoms with Crippen LogP contribution < -0.4 is 9.04 Å². The number of hydrogen-bond acceptors (Lipinski definition) is 4. The van der Waals surface area contributed by atoms with Crippen molar-refractivity contribution in [2.24, 2.45) is 0 Å². The fraction of sp³-hybridized carbons (Fsp3) is 0.160. The number of hydrogen-bond donors (Lipinski definition) is 0. The molecule has 0 fully saturated rings. The van der Waals surface area contributed by atoms with Crippen LogP contribution in [0.3, 0.4) is 0 Å². The van der Waals surface area contributed by atoms with Gasteiger partial charge in [0.15, 0.2) is 0 Å². The molecule has 0 saturated carbocycles. The van der Waals surface area contributed by atoms with E-state index in [4.69, 9.17) is 4.74 Å². The van der Waals surface area contributed by atoms with E-state index in [-0.39, 0.29) is 4.90 Å². The highest BCUT2D eigenvalue weighted by Crippen LogP contribution is 2.30. The fourth-order valence-corrected chi connectivity index (χ4v) is 4.79. The maximum absolute atomic E-state index is 13.2. The summed E-state index contributed by atoms with van der Waals surface area (Å²) in [7, 11) is -0.602. The molecule has 0 N–H and O–H groups in total. The lowest BCUT2D eigenvalue weighted by Gasteiger charge is -2.21. The largest absolute Gasteiger partial charge is 0.497 e. The van der Waals surface area contributed by atoms with Crippen molar-refractivity contribution in [1.29, 1.82) is 0 Å². The third-order valence-electron chi connectivity index (χ3n) is 5.39. The molecule has 5 nitrogen and oxygen atoms in total. The van der Waals surface area contributed by atoms with E-state index < -0.39 is 10.0 Å². The number of benzene rings is 3. The first-order valence-electron chi connectivity index (χ1n) is 10.0. The Morgan fingerprint density at radius 1 is 0.871 bits per heavy atom. The summed E-state index contributed by atoms with van der Waals surface area (Å²) in [6.07, 6.45) is 3.42. The summed E-state index contributed by atoms with van der Waals surface area (Å²) in [5.74, 6) is 0.610. The summed E-state index contributed by atoms with van der Waals surface area (Å²) in [4.78, 5) is 4.63. The van der Waals surface area contributed by atoms with Crippen LogP contribution in [0.5, 0.6) is 5.75 Å². The van der Waals surface area contributed by atoms with Crippen LogP contribution in [0.4, 0.5) is 5.69 Å². The molecule has 0 saturated heterocycles. The molecule has 31 heavy (non-hydrogen) atoms. The number of sulfonamides is 1. The molecule has 0 unspecified atom stereocenters. The lowest BCUT2D eigenvalue weighted by atomic mass is 10.0. The van der Waals surface area contributed by atoms with Crippen molar-refractivity contribution >= 4 is 26.6 Å². The zero-order valence-corrected chi connectivity index (χ0v) is 18.3. The number of ether oxygens (including phenoxy) is 1. The second kappa shape index (κ2) is 8.78. The Labute approximate surface area is 183 Å². The summed E-state index contributed by atoms with van der Waals surface area (Å²) >= 11 is 0. The zero-order valence-electron chi connectivity index (χ0n) is 17.5. The quantitative estimate of drug-likeness (QED) is 0.419. The summed E-state index contributed by atoms with van der Waals surface area (Å²) in [6.45, 7) is 0. The molecule has 1 heterocycles. The van der Waals surface area contributed by atoms with Crippen LogP contribution in [-0.4, -0.2) is 27.6 Å². The molecule has 158 valence electrons. The zero-order chi connectivity index (χ0) is 21.8. The Morgan fingerprint density at radius 3 is 2.29 bits per heavy atom. The van der Waals surface area contributed by atoms with Crippen LogP contribution in [0.1, 0.15) is 11.1 Å². The van der Waals surface area contributed by atoms with E-state index >= 15 is 0 Å². The minimum absolute atomic E-state index is 0.209. The van der Waals surface area contributed by atoms with Gasteiger partial charge in [-0.1, -0.05) is 36.4 Å². The topological polar surface area (TPSA) is 59.5 Å². The number of anilines is 1. The van der Waals surface area contributed by atoms with Crippen LogP contribution in [0.2, 0.25) is 0 Å². The summed E-state index contributed by atoms with van der Waals surface area (Å²) < 4.78 is 32.9. The third kappa shape index (κ3) is 4.39. The number of methoxy groups -OCH3 is 1. The Bertz CT molecular complexity index is 1290. The molecule has 0 aliphatic heterocycles. The van der Waals surface area contributed by atoms with Gasteiger partial charge in [0.2, 0.25) is 0 Å². The maximum Gasteiger partial charge on any atom is 0.264 e. The third-order valence-corrected chi connectivity index (χ3v) is 7.17. The van der Waals surface area contributed by atoms with Crippen molar-refractivity contribution in [3.05, 3.63) is 96.2 Å². The van der Waals surface area contributed by atoms with E-state index in [0.29, 0.717) is 11.4 Å². The summed E-state index contributed by atoms with van der Waals surface area (Å²) in [5, 5.41) is 0.813. The molecule has 0 aliphatic carbocycles. The molecule has 0 bridgehead atoms. The van der Waals surface area contributed by atoms with Gasteiger partial charge in [-0.25, -0.2) is 8.42 Å². The Kier molecular flexibility index (Phi) is 5.91. The van der Waals surface area contributed by atoms with E-state index in [2.05, 4.69) is 23.2 Å². The van der Waals surface area contributed by atoms with Gasteiger partial charge < -0.3 is 4.74 Å². The molecule has 4 aromatic rings. The second-order valence-corrected chi connectivity index (χ2v) is 9.28. The van der Waals surface area contributed by atoms with Gasteiger partial charge in [0.1, 0.15) is 5.75 Å². The smallest absolute Gasteiger partial charge is 0.264 e. The van der Waals surface area contributed by atoms with E-state index in [0.717, 1.165) is 29.3 Å². The Morgan fingerprint density at radius 2 is 1.58 bits per heavy atom. The molecule has 0 atom stereocenters. The molecule has 3 aromatic carbocycles. The van der Waals surface area contributed by atoms with Gasteiger partial charge in [0.05, 0.1) is 23.2 Å². The molecule has 0 amide bonds. The van der Waals surface area contributed by atoms with E-state index in [1.54, 1.807) is 50.7 Å². The van der Waals surface area contributed by atoms with Crippen molar-refractivity contribution in [1.82, 2.24) is 4.98 Å². The first kappa shape index (κ1) is 20.9. The second-order valence-electron chi connectivity index (χ2n) is 7.32. The number of nitrogens with zero attached hydrogens (tertiary/aromatic N) is 2. The highest BCUT2D eigenvalue weighted by atomic mass is 32.2. The van der Waals surface area contributed by atoms with Crippen LogP contribution >= 0.6 is 0 Å². The van der Waals surface area contributed by atoms with E-state index in [1.807, 2.05) is 30.3 Å². The molecule has 0 radical (unpaired) electrons. The summed E-state index contributed by atoms with van der Waals surface area (Å²) in [5.41, 5.74) is 3.77. The van der Waals surface area contributed by atoms with Crippen molar-refractivity contribution in [3.63, 3.8) is 0 Å². The lowest BCUT2D eigenvalue weighted by Crippen LogP contribution is -2.26. The number of aromatic nitrogens is 1. The minimum Gasteiger partial charge on any atom is -0.497 e. The van der Waals surface area contributed by atoms with Crippen LogP contribution in [0.15, 0.2) is 90.0 Å². The van der Waals surface area contributed by atoms with E-state index in [1.165, 1.54) is 9.87 Å². The van der Waals surface area contributed by atoms with Crippen LogP contribution in [0, 0.1) is 0 Å².